The van der Waals surface area contributed by atoms with Crippen LogP contribution in [0.2, 0.25) is 0 Å². The van der Waals surface area contributed by atoms with Crippen LogP contribution in [0.5, 0.6) is 0 Å². The second-order valence-electron chi connectivity index (χ2n) is 5.75. The molecule has 0 N–H and O–H groups in total. The van der Waals surface area contributed by atoms with Gasteiger partial charge in [-0.05, 0) is 32.1 Å². The van der Waals surface area contributed by atoms with Gasteiger partial charge in [0.05, 0.1) is 13.2 Å². The number of hydrogen-bond acceptors (Lipinski definition) is 4. The zero-order valence-electron chi connectivity index (χ0n) is 15.4. The first-order chi connectivity index (χ1) is 11.1. The summed E-state index contributed by atoms with van der Waals surface area (Å²) in [4.78, 5) is 24.6. The van der Waals surface area contributed by atoms with E-state index in [1.807, 2.05) is 13.8 Å². The van der Waals surface area contributed by atoms with Crippen LogP contribution in [0.4, 0.5) is 0 Å². The van der Waals surface area contributed by atoms with E-state index in [9.17, 15) is 9.59 Å². The monoisotopic (exact) mass is 326 g/mol. The normalized spacial score (nSPS) is 11.8. The minimum atomic E-state index is -0.361. The largest absolute Gasteiger partial charge is 0.462 e. The number of hydrogen-bond donors (Lipinski definition) is 0. The van der Waals surface area contributed by atoms with Crippen LogP contribution < -0.4 is 0 Å². The molecule has 0 radical (unpaired) electrons. The van der Waals surface area contributed by atoms with Crippen molar-refractivity contribution in [3.8, 4) is 0 Å². The second kappa shape index (κ2) is 14.3. The molecule has 0 spiro atoms. The molecule has 0 amide bonds. The van der Waals surface area contributed by atoms with Gasteiger partial charge in [-0.3, -0.25) is 0 Å². The van der Waals surface area contributed by atoms with Crippen molar-refractivity contribution in [3.63, 3.8) is 0 Å². The molecule has 0 aromatic rings. The summed E-state index contributed by atoms with van der Waals surface area (Å²) in [6, 6.07) is 0. The first-order valence-corrected chi connectivity index (χ1v) is 9.18. The molecule has 0 saturated carbocycles. The van der Waals surface area contributed by atoms with Gasteiger partial charge in [-0.1, -0.05) is 53.4 Å². The van der Waals surface area contributed by atoms with Crippen molar-refractivity contribution in [2.75, 3.05) is 13.2 Å². The predicted molar refractivity (Wildman–Crippen MR) is 93.2 cm³/mol. The molecule has 0 aromatic heterocycles. The smallest absolute Gasteiger partial charge is 0.334 e. The Morgan fingerprint density at radius 3 is 1.57 bits per heavy atom. The van der Waals surface area contributed by atoms with Crippen molar-refractivity contribution in [2.24, 2.45) is 0 Å². The number of esters is 2. The van der Waals surface area contributed by atoms with Gasteiger partial charge < -0.3 is 9.47 Å². The molecule has 4 heteroatoms. The topological polar surface area (TPSA) is 52.6 Å². The Morgan fingerprint density at radius 1 is 0.652 bits per heavy atom. The lowest BCUT2D eigenvalue weighted by Crippen LogP contribution is -2.17. The zero-order valence-corrected chi connectivity index (χ0v) is 15.4. The van der Waals surface area contributed by atoms with E-state index in [1.54, 1.807) is 0 Å². The third-order valence-electron chi connectivity index (χ3n) is 3.70. The Kier molecular flexibility index (Phi) is 13.5. The molecule has 0 aliphatic rings. The fourth-order valence-corrected chi connectivity index (χ4v) is 2.20. The number of rotatable bonds is 13. The third-order valence-corrected chi connectivity index (χ3v) is 3.70. The average molecular weight is 326 g/mol. The molecule has 0 aliphatic heterocycles. The van der Waals surface area contributed by atoms with E-state index in [2.05, 4.69) is 13.8 Å². The minimum absolute atomic E-state index is 0.348. The van der Waals surface area contributed by atoms with Crippen molar-refractivity contribution in [2.45, 2.75) is 85.5 Å². The lowest BCUT2D eigenvalue weighted by atomic mass is 9.99. The fraction of sp³-hybridized carbons (Fsp3) is 0.789. The third kappa shape index (κ3) is 9.42. The Hall–Kier alpha value is -1.32. The van der Waals surface area contributed by atoms with Crippen molar-refractivity contribution in [1.29, 1.82) is 0 Å². The molecule has 0 fully saturated rings. The molecule has 4 nitrogen and oxygen atoms in total. The maximum Gasteiger partial charge on any atom is 0.334 e. The number of carbonyl (C=O) groups is 2. The van der Waals surface area contributed by atoms with E-state index in [-0.39, 0.29) is 11.9 Å². The van der Waals surface area contributed by atoms with Crippen molar-refractivity contribution in [1.82, 2.24) is 0 Å². The molecule has 0 aliphatic carbocycles. The number of ether oxygens (including phenoxy) is 2. The first kappa shape index (κ1) is 21.7. The highest BCUT2D eigenvalue weighted by atomic mass is 16.5. The van der Waals surface area contributed by atoms with Crippen molar-refractivity contribution in [3.05, 3.63) is 11.1 Å². The summed E-state index contributed by atoms with van der Waals surface area (Å²) in [6.45, 7) is 8.92. The van der Waals surface area contributed by atoms with Crippen LogP contribution >= 0.6 is 0 Å². The zero-order chi connectivity index (χ0) is 17.5. The highest BCUT2D eigenvalue weighted by Gasteiger charge is 2.21. The van der Waals surface area contributed by atoms with E-state index >= 15 is 0 Å². The maximum absolute atomic E-state index is 12.4. The molecule has 23 heavy (non-hydrogen) atoms. The van der Waals surface area contributed by atoms with E-state index in [0.29, 0.717) is 37.2 Å². The standard InChI is InChI=1S/C19H34O4/c1-5-9-12-13-17(19(21)23-15-11-7-3)16(8-4)18(20)22-14-10-6-2/h5-15H2,1-4H3. The highest BCUT2D eigenvalue weighted by Crippen LogP contribution is 2.20. The highest BCUT2D eigenvalue weighted by molar-refractivity contribution is 6.00. The van der Waals surface area contributed by atoms with Crippen LogP contribution in [0, 0.1) is 0 Å². The van der Waals surface area contributed by atoms with Gasteiger partial charge in [0.1, 0.15) is 0 Å². The van der Waals surface area contributed by atoms with E-state index in [0.717, 1.165) is 44.9 Å². The molecule has 134 valence electrons. The Labute approximate surface area is 141 Å². The number of unbranched alkanes of at least 4 members (excludes halogenated alkanes) is 4. The van der Waals surface area contributed by atoms with Gasteiger partial charge in [-0.15, -0.1) is 0 Å². The lowest BCUT2D eigenvalue weighted by molar-refractivity contribution is -0.142. The maximum atomic E-state index is 12.4. The fourth-order valence-electron chi connectivity index (χ4n) is 2.20. The molecule has 0 unspecified atom stereocenters. The van der Waals surface area contributed by atoms with Gasteiger partial charge in [0.15, 0.2) is 0 Å². The van der Waals surface area contributed by atoms with Crippen LogP contribution in [0.1, 0.15) is 85.5 Å². The van der Waals surface area contributed by atoms with Gasteiger partial charge in [0.2, 0.25) is 0 Å². The molecule has 0 rings (SSSR count). The minimum Gasteiger partial charge on any atom is -0.462 e. The molecular weight excluding hydrogens is 292 g/mol. The van der Waals surface area contributed by atoms with Crippen LogP contribution in [0.3, 0.4) is 0 Å². The van der Waals surface area contributed by atoms with Gasteiger partial charge in [0, 0.05) is 11.1 Å². The first-order valence-electron chi connectivity index (χ1n) is 9.18. The van der Waals surface area contributed by atoms with Crippen LogP contribution in [0.15, 0.2) is 11.1 Å². The van der Waals surface area contributed by atoms with Gasteiger partial charge in [-0.2, -0.15) is 0 Å². The van der Waals surface area contributed by atoms with Crippen molar-refractivity contribution >= 4 is 11.9 Å². The SMILES string of the molecule is CCCCCC(C(=O)OCCCC)=C(CC)C(=O)OCCCC. The molecule has 0 saturated heterocycles. The van der Waals surface area contributed by atoms with Crippen LogP contribution in [0.25, 0.3) is 0 Å². The summed E-state index contributed by atoms with van der Waals surface area (Å²) < 4.78 is 10.6. The molecule has 0 atom stereocenters. The number of carbonyl (C=O) groups excluding carboxylic acids is 2. The van der Waals surface area contributed by atoms with E-state index < -0.39 is 0 Å². The summed E-state index contributed by atoms with van der Waals surface area (Å²) in [7, 11) is 0. The lowest BCUT2D eigenvalue weighted by Gasteiger charge is -2.13. The summed E-state index contributed by atoms with van der Waals surface area (Å²) >= 11 is 0. The second-order valence-corrected chi connectivity index (χ2v) is 5.75. The summed E-state index contributed by atoms with van der Waals surface area (Å²) in [5.74, 6) is -0.710. The molecule has 0 heterocycles. The summed E-state index contributed by atoms with van der Waals surface area (Å²) in [5.41, 5.74) is 0.997. The van der Waals surface area contributed by atoms with E-state index in [4.69, 9.17) is 9.47 Å². The van der Waals surface area contributed by atoms with Gasteiger partial charge in [0.25, 0.3) is 0 Å². The van der Waals surface area contributed by atoms with Crippen LogP contribution in [-0.2, 0) is 19.1 Å². The van der Waals surface area contributed by atoms with Crippen LogP contribution in [-0.4, -0.2) is 25.2 Å². The Bertz CT molecular complexity index is 372. The predicted octanol–water partition coefficient (Wildman–Crippen LogP) is 4.96. The molecule has 0 aromatic carbocycles. The average Bonchev–Trinajstić information content (AvgIpc) is 2.54. The quantitative estimate of drug-likeness (QED) is 0.273. The molecule has 0 bridgehead atoms. The van der Waals surface area contributed by atoms with Gasteiger partial charge in [-0.25, -0.2) is 9.59 Å². The Morgan fingerprint density at radius 2 is 1.13 bits per heavy atom. The summed E-state index contributed by atoms with van der Waals surface area (Å²) in [5, 5.41) is 0. The summed E-state index contributed by atoms with van der Waals surface area (Å²) in [6.07, 6.45) is 7.71. The molecular formula is C19H34O4. The Balaban J connectivity index is 5.03. The van der Waals surface area contributed by atoms with E-state index in [1.165, 1.54) is 0 Å². The van der Waals surface area contributed by atoms with Crippen molar-refractivity contribution < 1.29 is 19.1 Å². The van der Waals surface area contributed by atoms with Gasteiger partial charge >= 0.3 is 11.9 Å².